The van der Waals surface area contributed by atoms with E-state index in [-0.39, 0.29) is 11.7 Å². The standard InChI is InChI=1S/C18H20ClFN2O/c1-12-15(19)8-6-10-17(12)21-18(23)13(2)22(3)11-14-7-4-5-9-16(14)20/h4-10,13H,11H2,1-3H3,(H,21,23). The molecule has 2 rings (SSSR count). The van der Waals surface area contributed by atoms with Crippen LogP contribution in [0.4, 0.5) is 10.1 Å². The van der Waals surface area contributed by atoms with Gasteiger partial charge in [-0.05, 0) is 44.7 Å². The molecule has 0 spiro atoms. The van der Waals surface area contributed by atoms with Crippen molar-refractivity contribution in [2.45, 2.75) is 26.4 Å². The Kier molecular flexibility index (Phi) is 5.74. The lowest BCUT2D eigenvalue weighted by Crippen LogP contribution is -2.39. The van der Waals surface area contributed by atoms with E-state index in [0.29, 0.717) is 22.8 Å². The van der Waals surface area contributed by atoms with Gasteiger partial charge in [-0.25, -0.2) is 4.39 Å². The summed E-state index contributed by atoms with van der Waals surface area (Å²) in [6.07, 6.45) is 0. The van der Waals surface area contributed by atoms with Gasteiger partial charge in [0.15, 0.2) is 0 Å². The highest BCUT2D eigenvalue weighted by Gasteiger charge is 2.20. The van der Waals surface area contributed by atoms with E-state index < -0.39 is 6.04 Å². The van der Waals surface area contributed by atoms with Gasteiger partial charge in [0, 0.05) is 22.8 Å². The summed E-state index contributed by atoms with van der Waals surface area (Å²) >= 11 is 6.06. The minimum absolute atomic E-state index is 0.158. The molecule has 0 radical (unpaired) electrons. The third-order valence-corrected chi connectivity index (χ3v) is 4.35. The second-order valence-corrected chi connectivity index (χ2v) is 5.99. The van der Waals surface area contributed by atoms with Crippen molar-refractivity contribution >= 4 is 23.2 Å². The number of halogens is 2. The first kappa shape index (κ1) is 17.4. The minimum atomic E-state index is -0.409. The fraction of sp³-hybridized carbons (Fsp3) is 0.278. The monoisotopic (exact) mass is 334 g/mol. The summed E-state index contributed by atoms with van der Waals surface area (Å²) in [6.45, 7) is 4.00. The predicted octanol–water partition coefficient (Wildman–Crippen LogP) is 4.25. The summed E-state index contributed by atoms with van der Waals surface area (Å²) in [5, 5.41) is 3.48. The number of nitrogens with one attached hydrogen (secondary N) is 1. The largest absolute Gasteiger partial charge is 0.324 e. The Labute approximate surface area is 141 Å². The van der Waals surface area contributed by atoms with Gasteiger partial charge in [-0.2, -0.15) is 0 Å². The zero-order chi connectivity index (χ0) is 17.0. The molecule has 0 heterocycles. The van der Waals surface area contributed by atoms with Gasteiger partial charge in [0.2, 0.25) is 5.91 Å². The number of rotatable bonds is 5. The molecular weight excluding hydrogens is 315 g/mol. The first-order valence-electron chi connectivity index (χ1n) is 7.39. The van der Waals surface area contributed by atoms with Gasteiger partial charge in [0.1, 0.15) is 5.82 Å². The zero-order valence-corrected chi connectivity index (χ0v) is 14.2. The molecule has 0 aliphatic heterocycles. The van der Waals surface area contributed by atoms with Gasteiger partial charge in [0.25, 0.3) is 0 Å². The van der Waals surface area contributed by atoms with E-state index in [1.54, 1.807) is 49.2 Å². The molecule has 0 fully saturated rings. The Morgan fingerprint density at radius 3 is 2.65 bits per heavy atom. The zero-order valence-electron chi connectivity index (χ0n) is 13.4. The Morgan fingerprint density at radius 1 is 1.26 bits per heavy atom. The van der Waals surface area contributed by atoms with E-state index >= 15 is 0 Å². The lowest BCUT2D eigenvalue weighted by molar-refractivity contribution is -0.120. The molecule has 0 saturated heterocycles. The molecule has 1 N–H and O–H groups in total. The minimum Gasteiger partial charge on any atom is -0.324 e. The lowest BCUT2D eigenvalue weighted by atomic mass is 10.1. The smallest absolute Gasteiger partial charge is 0.241 e. The second-order valence-electron chi connectivity index (χ2n) is 5.58. The molecule has 1 unspecified atom stereocenters. The number of benzene rings is 2. The molecule has 23 heavy (non-hydrogen) atoms. The van der Waals surface area contributed by atoms with Crippen molar-refractivity contribution in [1.82, 2.24) is 4.90 Å². The number of amides is 1. The van der Waals surface area contributed by atoms with E-state index in [0.717, 1.165) is 5.56 Å². The molecule has 0 bridgehead atoms. The summed E-state index contributed by atoms with van der Waals surface area (Å²) in [5.41, 5.74) is 2.08. The van der Waals surface area contributed by atoms with Gasteiger partial charge in [0.05, 0.1) is 6.04 Å². The summed E-state index contributed by atoms with van der Waals surface area (Å²) in [4.78, 5) is 14.2. The first-order chi connectivity index (χ1) is 10.9. The van der Waals surface area contributed by atoms with Crippen LogP contribution in [-0.4, -0.2) is 23.9 Å². The van der Waals surface area contributed by atoms with Crippen LogP contribution in [0, 0.1) is 12.7 Å². The number of likely N-dealkylation sites (N-methyl/N-ethyl adjacent to an activating group) is 1. The number of hydrogen-bond donors (Lipinski definition) is 1. The molecule has 2 aromatic rings. The van der Waals surface area contributed by atoms with Crippen molar-refractivity contribution in [3.8, 4) is 0 Å². The number of hydrogen-bond acceptors (Lipinski definition) is 2. The van der Waals surface area contributed by atoms with Gasteiger partial charge >= 0.3 is 0 Å². The number of carbonyl (C=O) groups is 1. The van der Waals surface area contributed by atoms with Gasteiger partial charge in [-0.1, -0.05) is 35.9 Å². The van der Waals surface area contributed by atoms with E-state index in [2.05, 4.69) is 5.32 Å². The average Bonchev–Trinajstić information content (AvgIpc) is 2.53. The quantitative estimate of drug-likeness (QED) is 0.886. The maximum Gasteiger partial charge on any atom is 0.241 e. The van der Waals surface area contributed by atoms with E-state index in [9.17, 15) is 9.18 Å². The molecule has 0 saturated carbocycles. The lowest BCUT2D eigenvalue weighted by Gasteiger charge is -2.24. The topological polar surface area (TPSA) is 32.3 Å². The maximum atomic E-state index is 13.7. The average molecular weight is 335 g/mol. The molecule has 1 amide bonds. The Balaban J connectivity index is 2.04. The Morgan fingerprint density at radius 2 is 1.96 bits per heavy atom. The Hall–Kier alpha value is -1.91. The van der Waals surface area contributed by atoms with Crippen LogP contribution in [0.3, 0.4) is 0 Å². The highest BCUT2D eigenvalue weighted by molar-refractivity contribution is 6.31. The van der Waals surface area contributed by atoms with Crippen LogP contribution >= 0.6 is 11.6 Å². The molecule has 3 nitrogen and oxygen atoms in total. The van der Waals surface area contributed by atoms with Gasteiger partial charge in [-0.3, -0.25) is 9.69 Å². The second kappa shape index (κ2) is 7.57. The SMILES string of the molecule is Cc1c(Cl)cccc1NC(=O)C(C)N(C)Cc1ccccc1F. The maximum absolute atomic E-state index is 13.7. The van der Waals surface area contributed by atoms with E-state index in [1.165, 1.54) is 6.07 Å². The highest BCUT2D eigenvalue weighted by atomic mass is 35.5. The molecule has 0 aliphatic rings. The van der Waals surface area contributed by atoms with Crippen LogP contribution in [0.5, 0.6) is 0 Å². The number of anilines is 1. The third kappa shape index (κ3) is 4.30. The Bertz CT molecular complexity index is 705. The molecular formula is C18H20ClFN2O. The summed E-state index contributed by atoms with van der Waals surface area (Å²) in [7, 11) is 1.79. The first-order valence-corrected chi connectivity index (χ1v) is 7.77. The van der Waals surface area contributed by atoms with Crippen molar-refractivity contribution in [1.29, 1.82) is 0 Å². The van der Waals surface area contributed by atoms with E-state index in [1.807, 2.05) is 13.0 Å². The molecule has 0 aromatic heterocycles. The van der Waals surface area contributed by atoms with Crippen molar-refractivity contribution in [3.05, 3.63) is 64.4 Å². The summed E-state index contributed by atoms with van der Waals surface area (Å²) < 4.78 is 13.7. The normalized spacial score (nSPS) is 12.3. The molecule has 0 aliphatic carbocycles. The predicted molar refractivity (Wildman–Crippen MR) is 92.1 cm³/mol. The summed E-state index contributed by atoms with van der Waals surface area (Å²) in [6, 6.07) is 11.5. The third-order valence-electron chi connectivity index (χ3n) is 3.94. The summed E-state index contributed by atoms with van der Waals surface area (Å²) in [5.74, 6) is -0.424. The highest BCUT2D eigenvalue weighted by Crippen LogP contribution is 2.23. The van der Waals surface area contributed by atoms with Crippen LogP contribution in [-0.2, 0) is 11.3 Å². The number of nitrogens with zero attached hydrogens (tertiary/aromatic N) is 1. The van der Waals surface area contributed by atoms with Crippen molar-refractivity contribution in [2.24, 2.45) is 0 Å². The molecule has 122 valence electrons. The van der Waals surface area contributed by atoms with Crippen LogP contribution in [0.25, 0.3) is 0 Å². The fourth-order valence-corrected chi connectivity index (χ4v) is 2.39. The molecule has 1 atom stereocenters. The number of carbonyl (C=O) groups excluding carboxylic acids is 1. The van der Waals surface area contributed by atoms with Crippen LogP contribution in [0.2, 0.25) is 5.02 Å². The molecule has 2 aromatic carbocycles. The van der Waals surface area contributed by atoms with Crippen LogP contribution in [0.1, 0.15) is 18.1 Å². The van der Waals surface area contributed by atoms with Crippen molar-refractivity contribution in [3.63, 3.8) is 0 Å². The van der Waals surface area contributed by atoms with Gasteiger partial charge in [-0.15, -0.1) is 0 Å². The fourth-order valence-electron chi connectivity index (χ4n) is 2.21. The van der Waals surface area contributed by atoms with Gasteiger partial charge < -0.3 is 5.32 Å². The van der Waals surface area contributed by atoms with Crippen LogP contribution < -0.4 is 5.32 Å². The van der Waals surface area contributed by atoms with E-state index in [4.69, 9.17) is 11.6 Å². The van der Waals surface area contributed by atoms with Crippen LogP contribution in [0.15, 0.2) is 42.5 Å². The van der Waals surface area contributed by atoms with Crippen molar-refractivity contribution in [2.75, 3.05) is 12.4 Å². The molecule has 5 heteroatoms. The van der Waals surface area contributed by atoms with Crippen molar-refractivity contribution < 1.29 is 9.18 Å².